The van der Waals surface area contributed by atoms with Crippen LogP contribution in [0.2, 0.25) is 0 Å². The van der Waals surface area contributed by atoms with Crippen molar-refractivity contribution in [1.29, 1.82) is 0 Å². The van der Waals surface area contributed by atoms with Crippen LogP contribution < -0.4 is 9.64 Å². The van der Waals surface area contributed by atoms with Crippen LogP contribution in [-0.2, 0) is 11.3 Å². The molecule has 0 aliphatic carbocycles. The van der Waals surface area contributed by atoms with E-state index in [4.69, 9.17) is 4.74 Å². The topological polar surface area (TPSA) is 36.0 Å². The second-order valence-corrected chi connectivity index (χ2v) is 9.85. The fourth-order valence-corrected chi connectivity index (χ4v) is 5.56. The summed E-state index contributed by atoms with van der Waals surface area (Å²) in [6, 6.07) is 7.59. The van der Waals surface area contributed by atoms with E-state index < -0.39 is 0 Å². The highest BCUT2D eigenvalue weighted by molar-refractivity contribution is 5.95. The van der Waals surface area contributed by atoms with Crippen molar-refractivity contribution in [3.63, 3.8) is 0 Å². The Morgan fingerprint density at radius 1 is 0.968 bits per heavy atom. The van der Waals surface area contributed by atoms with Gasteiger partial charge in [-0.2, -0.15) is 0 Å². The first-order valence-corrected chi connectivity index (χ1v) is 12.7. The minimum atomic E-state index is 0.251. The Labute approximate surface area is 188 Å². The predicted octanol–water partition coefficient (Wildman–Crippen LogP) is 4.83. The highest BCUT2D eigenvalue weighted by Gasteiger charge is 2.27. The Bertz CT molecular complexity index is 721. The van der Waals surface area contributed by atoms with Gasteiger partial charge < -0.3 is 14.5 Å². The molecule has 0 radical (unpaired) electrons. The molecule has 0 aromatic heterocycles. The van der Waals surface area contributed by atoms with E-state index in [9.17, 15) is 4.79 Å². The van der Waals surface area contributed by atoms with Crippen LogP contribution in [0.4, 0.5) is 5.69 Å². The van der Waals surface area contributed by atoms with Crippen LogP contribution in [0, 0.1) is 0 Å². The van der Waals surface area contributed by atoms with Gasteiger partial charge in [-0.1, -0.05) is 12.8 Å². The quantitative estimate of drug-likeness (QED) is 0.557. The van der Waals surface area contributed by atoms with Crippen molar-refractivity contribution in [2.75, 3.05) is 37.7 Å². The second-order valence-electron chi connectivity index (χ2n) is 9.85. The molecule has 2 atom stereocenters. The second kappa shape index (κ2) is 10.8. The summed E-state index contributed by atoms with van der Waals surface area (Å²) < 4.78 is 6.33. The zero-order chi connectivity index (χ0) is 21.6. The van der Waals surface area contributed by atoms with Crippen LogP contribution >= 0.6 is 0 Å². The van der Waals surface area contributed by atoms with Crippen LogP contribution in [0.3, 0.4) is 0 Å². The number of hydrogen-bond acceptors (Lipinski definition) is 4. The van der Waals surface area contributed by atoms with E-state index in [0.717, 1.165) is 50.5 Å². The molecular weight excluding hydrogens is 386 g/mol. The van der Waals surface area contributed by atoms with Crippen molar-refractivity contribution >= 4 is 11.6 Å². The molecule has 0 bridgehead atoms. The lowest BCUT2D eigenvalue weighted by atomic mass is 9.96. The summed E-state index contributed by atoms with van der Waals surface area (Å²) >= 11 is 0. The van der Waals surface area contributed by atoms with Crippen molar-refractivity contribution in [1.82, 2.24) is 9.80 Å². The lowest BCUT2D eigenvalue weighted by molar-refractivity contribution is -0.117. The number of ether oxygens (including phenoxy) is 1. The number of hydrogen-bond donors (Lipinski definition) is 0. The number of carbonyl (C=O) groups is 1. The first kappa shape index (κ1) is 22.6. The maximum Gasteiger partial charge on any atom is 0.227 e. The molecule has 31 heavy (non-hydrogen) atoms. The van der Waals surface area contributed by atoms with Crippen LogP contribution in [0.1, 0.15) is 77.2 Å². The van der Waals surface area contributed by atoms with Gasteiger partial charge in [0.1, 0.15) is 5.75 Å². The van der Waals surface area contributed by atoms with Gasteiger partial charge in [-0.05, 0) is 83.7 Å². The van der Waals surface area contributed by atoms with Crippen molar-refractivity contribution in [2.45, 2.75) is 90.3 Å². The predicted molar refractivity (Wildman–Crippen MR) is 127 cm³/mol. The van der Waals surface area contributed by atoms with Gasteiger partial charge in [0.05, 0.1) is 6.61 Å². The van der Waals surface area contributed by atoms with Crippen molar-refractivity contribution in [3.05, 3.63) is 23.8 Å². The molecule has 0 saturated carbocycles. The molecule has 1 amide bonds. The SMILES string of the molecule is CC1CCCC(C)N1Cc1cc(N2CCCC2=O)ccc1OCCCN1CCCCC1. The number of benzene rings is 1. The summed E-state index contributed by atoms with van der Waals surface area (Å²) in [7, 11) is 0. The van der Waals surface area contributed by atoms with E-state index in [-0.39, 0.29) is 5.91 Å². The molecular formula is C26H41N3O2. The molecule has 2 unspecified atom stereocenters. The van der Waals surface area contributed by atoms with E-state index in [1.54, 1.807) is 0 Å². The first-order chi connectivity index (χ1) is 15.1. The maximum absolute atomic E-state index is 12.3. The standard InChI is InChI=1S/C26H41N3O2/c1-21-9-6-10-22(2)29(21)20-23-19-24(28-17-7-11-26(28)30)12-13-25(23)31-18-8-16-27-14-4-3-5-15-27/h12-13,19,21-22H,3-11,14-18,20H2,1-2H3. The Balaban J connectivity index is 1.44. The number of rotatable bonds is 8. The van der Waals surface area contributed by atoms with Gasteiger partial charge >= 0.3 is 0 Å². The third-order valence-corrected chi connectivity index (χ3v) is 7.48. The van der Waals surface area contributed by atoms with Gasteiger partial charge in [0.2, 0.25) is 5.91 Å². The van der Waals surface area contributed by atoms with E-state index in [2.05, 4.69) is 41.8 Å². The Hall–Kier alpha value is -1.59. The van der Waals surface area contributed by atoms with E-state index >= 15 is 0 Å². The average Bonchev–Trinajstić information content (AvgIpc) is 3.21. The van der Waals surface area contributed by atoms with Gasteiger partial charge in [0.25, 0.3) is 0 Å². The Morgan fingerprint density at radius 2 is 1.74 bits per heavy atom. The number of anilines is 1. The Kier molecular flexibility index (Phi) is 7.89. The fraction of sp³-hybridized carbons (Fsp3) is 0.731. The molecule has 1 aromatic carbocycles. The minimum Gasteiger partial charge on any atom is -0.493 e. The molecule has 0 N–H and O–H groups in total. The molecule has 3 aliphatic heterocycles. The van der Waals surface area contributed by atoms with Crippen molar-refractivity contribution < 1.29 is 9.53 Å². The lowest BCUT2D eigenvalue weighted by Crippen LogP contribution is -2.43. The highest BCUT2D eigenvalue weighted by Crippen LogP contribution is 2.32. The van der Waals surface area contributed by atoms with E-state index in [1.165, 1.54) is 57.2 Å². The molecule has 0 spiro atoms. The summed E-state index contributed by atoms with van der Waals surface area (Å²) in [5.41, 5.74) is 2.27. The summed E-state index contributed by atoms with van der Waals surface area (Å²) in [6.07, 6.45) is 10.6. The van der Waals surface area contributed by atoms with E-state index in [0.29, 0.717) is 18.5 Å². The molecule has 4 rings (SSSR count). The normalized spacial score (nSPS) is 25.9. The van der Waals surface area contributed by atoms with Gasteiger partial charge in [0, 0.05) is 49.4 Å². The van der Waals surface area contributed by atoms with Crippen LogP contribution in [-0.4, -0.2) is 60.6 Å². The molecule has 5 heteroatoms. The largest absolute Gasteiger partial charge is 0.493 e. The number of nitrogens with zero attached hydrogens (tertiary/aromatic N) is 3. The summed E-state index contributed by atoms with van der Waals surface area (Å²) in [5, 5.41) is 0. The fourth-order valence-electron chi connectivity index (χ4n) is 5.56. The monoisotopic (exact) mass is 427 g/mol. The summed E-state index contributed by atoms with van der Waals surface area (Å²) in [6.45, 7) is 10.8. The Morgan fingerprint density at radius 3 is 2.45 bits per heavy atom. The lowest BCUT2D eigenvalue weighted by Gasteiger charge is -2.39. The van der Waals surface area contributed by atoms with Gasteiger partial charge in [0.15, 0.2) is 0 Å². The number of likely N-dealkylation sites (tertiary alicyclic amines) is 2. The third kappa shape index (κ3) is 5.81. The van der Waals surface area contributed by atoms with Crippen molar-refractivity contribution in [2.24, 2.45) is 0 Å². The van der Waals surface area contributed by atoms with Gasteiger partial charge in [-0.3, -0.25) is 9.69 Å². The number of amides is 1. The zero-order valence-corrected chi connectivity index (χ0v) is 19.7. The van der Waals surface area contributed by atoms with Crippen LogP contribution in [0.5, 0.6) is 5.75 Å². The number of carbonyl (C=O) groups excluding carboxylic acids is 1. The molecule has 3 aliphatic rings. The highest BCUT2D eigenvalue weighted by atomic mass is 16.5. The zero-order valence-electron chi connectivity index (χ0n) is 19.7. The molecule has 1 aromatic rings. The molecule has 5 nitrogen and oxygen atoms in total. The minimum absolute atomic E-state index is 0.251. The molecule has 3 heterocycles. The van der Waals surface area contributed by atoms with Crippen molar-refractivity contribution in [3.8, 4) is 5.75 Å². The van der Waals surface area contributed by atoms with Crippen LogP contribution in [0.15, 0.2) is 18.2 Å². The molecule has 3 fully saturated rings. The summed E-state index contributed by atoms with van der Waals surface area (Å²) in [4.78, 5) is 19.5. The first-order valence-electron chi connectivity index (χ1n) is 12.7. The molecule has 3 saturated heterocycles. The maximum atomic E-state index is 12.3. The smallest absolute Gasteiger partial charge is 0.227 e. The van der Waals surface area contributed by atoms with E-state index in [1.807, 2.05) is 4.90 Å². The number of piperidine rings is 2. The van der Waals surface area contributed by atoms with Gasteiger partial charge in [-0.15, -0.1) is 0 Å². The average molecular weight is 428 g/mol. The summed E-state index contributed by atoms with van der Waals surface area (Å²) in [5.74, 6) is 1.25. The molecule has 172 valence electrons. The van der Waals surface area contributed by atoms with Gasteiger partial charge in [-0.25, -0.2) is 0 Å². The third-order valence-electron chi connectivity index (χ3n) is 7.48. The van der Waals surface area contributed by atoms with Crippen LogP contribution in [0.25, 0.3) is 0 Å².